The summed E-state index contributed by atoms with van der Waals surface area (Å²) in [6.07, 6.45) is 1.27. The maximum absolute atomic E-state index is 12.1. The minimum absolute atomic E-state index is 0.328. The molecule has 1 aromatic carbocycles. The Hall–Kier alpha value is -1.75. The van der Waals surface area contributed by atoms with Crippen LogP contribution in [0, 0.1) is 0 Å². The normalized spacial score (nSPS) is 12.0. The summed E-state index contributed by atoms with van der Waals surface area (Å²) in [5.41, 5.74) is 6.97. The van der Waals surface area contributed by atoms with Gasteiger partial charge in [0.15, 0.2) is 0 Å². The highest BCUT2D eigenvalue weighted by atomic mass is 16.6. The molecule has 5 heteroatoms. The second-order valence-electron chi connectivity index (χ2n) is 6.92. The third kappa shape index (κ3) is 6.48. The fourth-order valence-corrected chi connectivity index (χ4v) is 2.37. The Morgan fingerprint density at radius 3 is 2.30 bits per heavy atom. The van der Waals surface area contributed by atoms with Crippen molar-refractivity contribution in [3.05, 3.63) is 29.8 Å². The van der Waals surface area contributed by atoms with Crippen LogP contribution in [-0.2, 0) is 11.3 Å². The molecular weight excluding hydrogens is 290 g/mol. The number of anilines is 1. The van der Waals surface area contributed by atoms with Gasteiger partial charge in [-0.3, -0.25) is 0 Å². The average molecular weight is 321 g/mol. The highest BCUT2D eigenvalue weighted by molar-refractivity contribution is 5.68. The van der Waals surface area contributed by atoms with Crippen LogP contribution in [0.3, 0.4) is 0 Å². The molecule has 1 amide bonds. The fraction of sp³-hybridized carbons (Fsp3) is 0.611. The first-order valence-corrected chi connectivity index (χ1v) is 8.26. The van der Waals surface area contributed by atoms with E-state index in [1.54, 1.807) is 0 Å². The van der Waals surface area contributed by atoms with Crippen LogP contribution in [0.1, 0.15) is 53.0 Å². The van der Waals surface area contributed by atoms with Crippen LogP contribution >= 0.6 is 0 Å². The number of nitrogens with one attached hydrogen (secondary N) is 2. The van der Waals surface area contributed by atoms with E-state index in [0.29, 0.717) is 13.1 Å². The lowest BCUT2D eigenvalue weighted by Crippen LogP contribution is -2.55. The number of hydrogen-bond donors (Lipinski definition) is 3. The molecule has 5 nitrogen and oxygen atoms in total. The second-order valence-corrected chi connectivity index (χ2v) is 6.92. The van der Waals surface area contributed by atoms with Gasteiger partial charge in [0.2, 0.25) is 0 Å². The van der Waals surface area contributed by atoms with Gasteiger partial charge in [-0.15, -0.1) is 0 Å². The van der Waals surface area contributed by atoms with E-state index in [2.05, 4.69) is 24.5 Å². The minimum atomic E-state index is -0.497. The number of alkyl carbamates (subject to hydrolysis) is 1. The van der Waals surface area contributed by atoms with Crippen molar-refractivity contribution in [2.75, 3.05) is 12.3 Å². The molecule has 130 valence electrons. The van der Waals surface area contributed by atoms with E-state index in [0.717, 1.165) is 24.1 Å². The lowest BCUT2D eigenvalue weighted by Gasteiger charge is -2.34. The molecule has 23 heavy (non-hydrogen) atoms. The zero-order valence-electron chi connectivity index (χ0n) is 15.0. The minimum Gasteiger partial charge on any atom is -0.444 e. The number of ether oxygens (including phenoxy) is 1. The van der Waals surface area contributed by atoms with E-state index < -0.39 is 5.60 Å². The van der Waals surface area contributed by atoms with E-state index in [9.17, 15) is 4.79 Å². The molecule has 0 unspecified atom stereocenters. The highest BCUT2D eigenvalue weighted by Crippen LogP contribution is 2.17. The summed E-state index contributed by atoms with van der Waals surface area (Å²) >= 11 is 0. The lowest BCUT2D eigenvalue weighted by atomic mass is 9.92. The number of carbonyl (C=O) groups excluding carboxylic acids is 1. The van der Waals surface area contributed by atoms with Crippen LogP contribution in [-0.4, -0.2) is 23.8 Å². The van der Waals surface area contributed by atoms with E-state index in [-0.39, 0.29) is 11.6 Å². The van der Waals surface area contributed by atoms with Crippen LogP contribution < -0.4 is 16.4 Å². The molecule has 0 radical (unpaired) electrons. The molecule has 1 aromatic rings. The molecule has 0 aliphatic rings. The SMILES string of the molecule is CCC(CC)(CNCc1ccccc1N)NC(=O)OC(C)(C)C. The third-order valence-electron chi connectivity index (χ3n) is 3.95. The smallest absolute Gasteiger partial charge is 0.408 e. The number of carbonyl (C=O) groups is 1. The lowest BCUT2D eigenvalue weighted by molar-refractivity contribution is 0.0446. The molecule has 0 saturated carbocycles. The highest BCUT2D eigenvalue weighted by Gasteiger charge is 2.30. The Morgan fingerprint density at radius 1 is 1.17 bits per heavy atom. The van der Waals surface area contributed by atoms with E-state index in [1.807, 2.05) is 45.0 Å². The van der Waals surface area contributed by atoms with Crippen molar-refractivity contribution in [3.63, 3.8) is 0 Å². The van der Waals surface area contributed by atoms with E-state index in [1.165, 1.54) is 0 Å². The van der Waals surface area contributed by atoms with Gasteiger partial charge in [-0.1, -0.05) is 32.0 Å². The Bertz CT molecular complexity index is 505. The van der Waals surface area contributed by atoms with Gasteiger partial charge in [0, 0.05) is 18.8 Å². The molecule has 0 saturated heterocycles. The van der Waals surface area contributed by atoms with Crippen LogP contribution in [0.4, 0.5) is 10.5 Å². The van der Waals surface area contributed by atoms with Gasteiger partial charge in [-0.05, 0) is 45.2 Å². The van der Waals surface area contributed by atoms with Gasteiger partial charge < -0.3 is 21.1 Å². The quantitative estimate of drug-likeness (QED) is 0.672. The Morgan fingerprint density at radius 2 is 1.78 bits per heavy atom. The Kier molecular flexibility index (Phi) is 6.88. The number of benzene rings is 1. The summed E-state index contributed by atoms with van der Waals surface area (Å²) in [6.45, 7) is 11.1. The predicted octanol–water partition coefficient (Wildman–Crippen LogP) is 3.44. The summed E-state index contributed by atoms with van der Waals surface area (Å²) in [4.78, 5) is 12.1. The van der Waals surface area contributed by atoms with E-state index >= 15 is 0 Å². The van der Waals surface area contributed by atoms with Crippen molar-refractivity contribution in [2.24, 2.45) is 0 Å². The van der Waals surface area contributed by atoms with Gasteiger partial charge in [0.25, 0.3) is 0 Å². The molecule has 0 aliphatic heterocycles. The van der Waals surface area contributed by atoms with Gasteiger partial charge in [0.05, 0.1) is 5.54 Å². The Balaban J connectivity index is 2.63. The predicted molar refractivity (Wildman–Crippen MR) is 95.2 cm³/mol. The van der Waals surface area contributed by atoms with Crippen molar-refractivity contribution >= 4 is 11.8 Å². The van der Waals surface area contributed by atoms with Crippen molar-refractivity contribution < 1.29 is 9.53 Å². The van der Waals surface area contributed by atoms with Gasteiger partial charge in [0.1, 0.15) is 5.60 Å². The average Bonchev–Trinajstić information content (AvgIpc) is 2.46. The molecule has 0 aliphatic carbocycles. The van der Waals surface area contributed by atoms with Crippen molar-refractivity contribution in [1.29, 1.82) is 0 Å². The van der Waals surface area contributed by atoms with Gasteiger partial charge in [-0.2, -0.15) is 0 Å². The molecule has 1 rings (SSSR count). The van der Waals surface area contributed by atoms with Crippen LogP contribution in [0.2, 0.25) is 0 Å². The van der Waals surface area contributed by atoms with Crippen molar-refractivity contribution in [3.8, 4) is 0 Å². The molecule has 0 spiro atoms. The molecule has 0 atom stereocenters. The molecule has 0 fully saturated rings. The van der Waals surface area contributed by atoms with Crippen LogP contribution in [0.25, 0.3) is 0 Å². The van der Waals surface area contributed by atoms with Crippen LogP contribution in [0.15, 0.2) is 24.3 Å². The molecular formula is C18H31N3O2. The summed E-state index contributed by atoms with van der Waals surface area (Å²) in [5, 5.41) is 6.44. The third-order valence-corrected chi connectivity index (χ3v) is 3.95. The molecule has 4 N–H and O–H groups in total. The fourth-order valence-electron chi connectivity index (χ4n) is 2.37. The summed E-state index contributed by atoms with van der Waals surface area (Å²) in [7, 11) is 0. The molecule has 0 bridgehead atoms. The van der Waals surface area contributed by atoms with Gasteiger partial charge in [-0.25, -0.2) is 4.79 Å². The first-order chi connectivity index (χ1) is 10.7. The molecule has 0 aromatic heterocycles. The number of rotatable bonds is 7. The number of nitrogens with two attached hydrogens (primary N) is 1. The standard InChI is InChI=1S/C18H31N3O2/c1-6-18(7-2,21-16(22)23-17(3,4)5)13-20-12-14-10-8-9-11-15(14)19/h8-11,20H,6-7,12-13,19H2,1-5H3,(H,21,22). The summed E-state index contributed by atoms with van der Waals surface area (Å²) in [5.74, 6) is 0. The number of para-hydroxylation sites is 1. The number of hydrogen-bond acceptors (Lipinski definition) is 4. The van der Waals surface area contributed by atoms with Gasteiger partial charge >= 0.3 is 6.09 Å². The summed E-state index contributed by atoms with van der Waals surface area (Å²) in [6, 6.07) is 7.79. The maximum Gasteiger partial charge on any atom is 0.408 e. The monoisotopic (exact) mass is 321 g/mol. The second kappa shape index (κ2) is 8.20. The zero-order valence-corrected chi connectivity index (χ0v) is 15.0. The topological polar surface area (TPSA) is 76.4 Å². The summed E-state index contributed by atoms with van der Waals surface area (Å²) < 4.78 is 5.38. The first kappa shape index (κ1) is 19.3. The van der Waals surface area contributed by atoms with E-state index in [4.69, 9.17) is 10.5 Å². The molecule has 0 heterocycles. The van der Waals surface area contributed by atoms with Crippen molar-refractivity contribution in [1.82, 2.24) is 10.6 Å². The largest absolute Gasteiger partial charge is 0.444 e. The number of amides is 1. The zero-order chi connectivity index (χ0) is 17.5. The Labute approximate surface area is 140 Å². The first-order valence-electron chi connectivity index (χ1n) is 8.26. The van der Waals surface area contributed by atoms with Crippen LogP contribution in [0.5, 0.6) is 0 Å². The van der Waals surface area contributed by atoms with Crippen molar-refractivity contribution in [2.45, 2.75) is 65.1 Å². The maximum atomic E-state index is 12.1. The number of nitrogen functional groups attached to an aromatic ring is 1.